The van der Waals surface area contributed by atoms with Crippen molar-refractivity contribution in [2.24, 2.45) is 5.92 Å². The van der Waals surface area contributed by atoms with Gasteiger partial charge in [0.15, 0.2) is 0 Å². The zero-order chi connectivity index (χ0) is 20.4. The highest BCUT2D eigenvalue weighted by atomic mass is 16.5. The first-order valence-electron chi connectivity index (χ1n) is 9.11. The Labute approximate surface area is 164 Å². The largest absolute Gasteiger partial charge is 0.469 e. The molecule has 0 spiro atoms. The van der Waals surface area contributed by atoms with Crippen molar-refractivity contribution >= 4 is 17.8 Å². The Morgan fingerprint density at radius 3 is 2.07 bits per heavy atom. The molecule has 28 heavy (non-hydrogen) atoms. The zero-order valence-electron chi connectivity index (χ0n) is 16.1. The molecule has 0 aliphatic carbocycles. The molecule has 0 bridgehead atoms. The molecule has 6 heteroatoms. The summed E-state index contributed by atoms with van der Waals surface area (Å²) in [6, 6.07) is 17.8. The van der Waals surface area contributed by atoms with E-state index in [9.17, 15) is 14.4 Å². The summed E-state index contributed by atoms with van der Waals surface area (Å²) < 4.78 is 10.00. The van der Waals surface area contributed by atoms with Crippen molar-refractivity contribution in [3.05, 3.63) is 71.8 Å². The van der Waals surface area contributed by atoms with E-state index in [4.69, 9.17) is 4.74 Å². The summed E-state index contributed by atoms with van der Waals surface area (Å²) in [5.74, 6) is -2.02. The van der Waals surface area contributed by atoms with E-state index in [0.717, 1.165) is 11.1 Å². The maximum Gasteiger partial charge on any atom is 0.329 e. The molecule has 0 aromatic heterocycles. The molecular weight excluding hydrogens is 358 g/mol. The molecule has 0 aliphatic heterocycles. The highest BCUT2D eigenvalue weighted by Gasteiger charge is 2.26. The first kappa shape index (κ1) is 21.2. The van der Waals surface area contributed by atoms with Crippen molar-refractivity contribution in [2.45, 2.75) is 32.4 Å². The predicted molar refractivity (Wildman–Crippen MR) is 104 cm³/mol. The second kappa shape index (κ2) is 10.9. The van der Waals surface area contributed by atoms with E-state index in [2.05, 4.69) is 10.1 Å². The van der Waals surface area contributed by atoms with E-state index >= 15 is 0 Å². The van der Waals surface area contributed by atoms with Gasteiger partial charge in [0.05, 0.1) is 13.5 Å². The van der Waals surface area contributed by atoms with E-state index < -0.39 is 29.8 Å². The lowest BCUT2D eigenvalue weighted by molar-refractivity contribution is -0.149. The first-order chi connectivity index (χ1) is 13.5. The summed E-state index contributed by atoms with van der Waals surface area (Å²) in [4.78, 5) is 36.5. The smallest absolute Gasteiger partial charge is 0.329 e. The third-order valence-corrected chi connectivity index (χ3v) is 4.26. The number of methoxy groups -OCH3 is 1. The van der Waals surface area contributed by atoms with Crippen LogP contribution in [0.1, 0.15) is 24.5 Å². The number of amides is 1. The Kier molecular flexibility index (Phi) is 8.21. The van der Waals surface area contributed by atoms with Crippen molar-refractivity contribution in [3.8, 4) is 0 Å². The molecule has 2 aromatic carbocycles. The quantitative estimate of drug-likeness (QED) is 0.673. The van der Waals surface area contributed by atoms with Crippen LogP contribution in [-0.2, 0) is 36.9 Å². The molecule has 2 atom stereocenters. The van der Waals surface area contributed by atoms with Gasteiger partial charge in [-0.05, 0) is 11.1 Å². The summed E-state index contributed by atoms with van der Waals surface area (Å²) in [5, 5.41) is 2.71. The van der Waals surface area contributed by atoms with Gasteiger partial charge in [0.2, 0.25) is 5.91 Å². The maximum absolute atomic E-state index is 12.6. The molecule has 0 saturated carbocycles. The molecule has 1 unspecified atom stereocenters. The van der Waals surface area contributed by atoms with Crippen LogP contribution in [0.15, 0.2) is 60.7 Å². The number of hydrogen-bond acceptors (Lipinski definition) is 5. The van der Waals surface area contributed by atoms with E-state index in [1.165, 1.54) is 7.11 Å². The number of carbonyl (C=O) groups is 3. The summed E-state index contributed by atoms with van der Waals surface area (Å²) in [5.41, 5.74) is 1.75. The molecule has 2 rings (SSSR count). The van der Waals surface area contributed by atoms with Crippen LogP contribution in [0.2, 0.25) is 0 Å². The lowest BCUT2D eigenvalue weighted by Crippen LogP contribution is -2.45. The number of rotatable bonds is 9. The Balaban J connectivity index is 2.04. The lowest BCUT2D eigenvalue weighted by atomic mass is 10.0. The average molecular weight is 383 g/mol. The highest BCUT2D eigenvalue weighted by Crippen LogP contribution is 2.10. The molecule has 2 aromatic rings. The van der Waals surface area contributed by atoms with Gasteiger partial charge in [-0.25, -0.2) is 4.79 Å². The maximum atomic E-state index is 12.6. The van der Waals surface area contributed by atoms with Crippen LogP contribution >= 0.6 is 0 Å². The minimum Gasteiger partial charge on any atom is -0.469 e. The van der Waals surface area contributed by atoms with Gasteiger partial charge in [0.1, 0.15) is 12.6 Å². The van der Waals surface area contributed by atoms with Crippen LogP contribution in [0.5, 0.6) is 0 Å². The van der Waals surface area contributed by atoms with Crippen LogP contribution in [0.25, 0.3) is 0 Å². The van der Waals surface area contributed by atoms with Crippen LogP contribution in [-0.4, -0.2) is 31.0 Å². The van der Waals surface area contributed by atoms with Crippen molar-refractivity contribution in [1.82, 2.24) is 5.32 Å². The van der Waals surface area contributed by atoms with Crippen molar-refractivity contribution in [3.63, 3.8) is 0 Å². The van der Waals surface area contributed by atoms with Crippen molar-refractivity contribution in [2.75, 3.05) is 7.11 Å². The van der Waals surface area contributed by atoms with Gasteiger partial charge >= 0.3 is 11.9 Å². The fourth-order valence-electron chi connectivity index (χ4n) is 2.61. The van der Waals surface area contributed by atoms with E-state index in [0.29, 0.717) is 6.42 Å². The van der Waals surface area contributed by atoms with Gasteiger partial charge < -0.3 is 14.8 Å². The monoisotopic (exact) mass is 383 g/mol. The second-order valence-electron chi connectivity index (χ2n) is 6.53. The first-order valence-corrected chi connectivity index (χ1v) is 9.11. The van der Waals surface area contributed by atoms with Crippen LogP contribution < -0.4 is 5.32 Å². The third-order valence-electron chi connectivity index (χ3n) is 4.26. The van der Waals surface area contributed by atoms with E-state index in [-0.39, 0.29) is 13.0 Å². The standard InChI is InChI=1S/C22H25NO5/c1-16(13-20(24)27-2)21(25)23-19(14-17-9-5-3-6-10-17)22(26)28-15-18-11-7-4-8-12-18/h3-12,16,19H,13-15H2,1-2H3,(H,23,25)/t16?,19-/m0/s1. The molecule has 0 fully saturated rings. The Hall–Kier alpha value is -3.15. The second-order valence-corrected chi connectivity index (χ2v) is 6.53. The number of ether oxygens (including phenoxy) is 2. The molecular formula is C22H25NO5. The Bertz CT molecular complexity index is 776. The number of esters is 2. The molecule has 6 nitrogen and oxygen atoms in total. The zero-order valence-corrected chi connectivity index (χ0v) is 16.1. The topological polar surface area (TPSA) is 81.7 Å². The number of hydrogen-bond donors (Lipinski definition) is 1. The summed E-state index contributed by atoms with van der Waals surface area (Å²) in [7, 11) is 1.27. The van der Waals surface area contributed by atoms with Crippen LogP contribution in [0.4, 0.5) is 0 Å². The minimum atomic E-state index is -0.848. The summed E-state index contributed by atoms with van der Waals surface area (Å²) in [6.45, 7) is 1.74. The number of benzene rings is 2. The fourth-order valence-corrected chi connectivity index (χ4v) is 2.61. The number of carbonyl (C=O) groups excluding carboxylic acids is 3. The van der Waals surface area contributed by atoms with E-state index in [1.807, 2.05) is 60.7 Å². The SMILES string of the molecule is COC(=O)CC(C)C(=O)N[C@@H](Cc1ccccc1)C(=O)OCc1ccccc1. The van der Waals surface area contributed by atoms with Crippen LogP contribution in [0.3, 0.4) is 0 Å². The Morgan fingerprint density at radius 1 is 0.929 bits per heavy atom. The van der Waals surface area contributed by atoms with E-state index in [1.54, 1.807) is 6.92 Å². The van der Waals surface area contributed by atoms with Gasteiger partial charge in [-0.3, -0.25) is 9.59 Å². The van der Waals surface area contributed by atoms with Gasteiger partial charge in [0, 0.05) is 12.3 Å². The number of nitrogens with one attached hydrogen (secondary N) is 1. The molecule has 148 valence electrons. The normalized spacial score (nSPS) is 12.5. The van der Waals surface area contributed by atoms with Gasteiger partial charge in [0.25, 0.3) is 0 Å². The Morgan fingerprint density at radius 2 is 1.50 bits per heavy atom. The highest BCUT2D eigenvalue weighted by molar-refractivity contribution is 5.88. The van der Waals surface area contributed by atoms with Gasteiger partial charge in [-0.15, -0.1) is 0 Å². The predicted octanol–water partition coefficient (Wildman–Crippen LogP) is 2.66. The van der Waals surface area contributed by atoms with Crippen molar-refractivity contribution < 1.29 is 23.9 Å². The molecule has 1 N–H and O–H groups in total. The molecule has 0 saturated heterocycles. The summed E-state index contributed by atoms with van der Waals surface area (Å²) >= 11 is 0. The molecule has 0 radical (unpaired) electrons. The fraction of sp³-hybridized carbons (Fsp3) is 0.318. The summed E-state index contributed by atoms with van der Waals surface area (Å²) in [6.07, 6.45) is 0.241. The van der Waals surface area contributed by atoms with Gasteiger partial charge in [-0.1, -0.05) is 67.6 Å². The van der Waals surface area contributed by atoms with Gasteiger partial charge in [-0.2, -0.15) is 0 Å². The van der Waals surface area contributed by atoms with Crippen LogP contribution in [0, 0.1) is 5.92 Å². The minimum absolute atomic E-state index is 0.0561. The average Bonchev–Trinajstić information content (AvgIpc) is 2.72. The third kappa shape index (κ3) is 6.87. The lowest BCUT2D eigenvalue weighted by Gasteiger charge is -2.20. The molecule has 0 aliphatic rings. The molecule has 1 amide bonds. The van der Waals surface area contributed by atoms with Crippen molar-refractivity contribution in [1.29, 1.82) is 0 Å². The molecule has 0 heterocycles.